The van der Waals surface area contributed by atoms with Crippen LogP contribution in [0.15, 0.2) is 95.8 Å². The molecule has 3 N–H and O–H groups in total. The van der Waals surface area contributed by atoms with E-state index in [1.807, 2.05) is 0 Å². The van der Waals surface area contributed by atoms with Gasteiger partial charge in [0.2, 0.25) is 0 Å². The number of nitrogens with one attached hydrogen (secondary N) is 3. The van der Waals surface area contributed by atoms with Gasteiger partial charge in [-0.05, 0) is 193 Å². The number of hydrogen-bond donors (Lipinski definition) is 3. The fourth-order valence-electron chi connectivity index (χ4n) is 18.9. The van der Waals surface area contributed by atoms with Gasteiger partial charge in [0.05, 0.1) is 42.6 Å². The maximum Gasteiger partial charge on any atom is 0.0818 e. The lowest BCUT2D eigenvalue weighted by molar-refractivity contribution is -0.138. The second-order valence-electron chi connectivity index (χ2n) is 26.3. The van der Waals surface area contributed by atoms with Gasteiger partial charge in [-0.3, -0.25) is 20.9 Å². The first-order valence-corrected chi connectivity index (χ1v) is 30.8. The van der Waals surface area contributed by atoms with Crippen molar-refractivity contribution in [3.8, 4) is 6.07 Å². The number of allylic oxidation sites excluding steroid dienone is 9. The number of rotatable bonds is 7. The van der Waals surface area contributed by atoms with Crippen LogP contribution in [0, 0.1) is 52.3 Å². The number of hydrogen-bond acceptors (Lipinski definition) is 6. The Morgan fingerprint density at radius 1 is 0.676 bits per heavy atom. The summed E-state index contributed by atoms with van der Waals surface area (Å²) >= 11 is 0. The van der Waals surface area contributed by atoms with E-state index in [2.05, 4.69) is 141 Å². The molecule has 3 aliphatic heterocycles. The van der Waals surface area contributed by atoms with E-state index in [1.54, 1.807) is 11.1 Å². The molecule has 2 saturated heterocycles. The van der Waals surface area contributed by atoms with Crippen molar-refractivity contribution in [2.45, 2.75) is 223 Å². The Hall–Kier alpha value is -4.19. The molecule has 2 aromatic rings. The Labute approximate surface area is 444 Å². The third-order valence-corrected chi connectivity index (χ3v) is 22.3. The number of nitriles is 1. The van der Waals surface area contributed by atoms with Gasteiger partial charge in [0.1, 0.15) is 0 Å². The first-order valence-electron chi connectivity index (χ1n) is 30.8. The Morgan fingerprint density at radius 3 is 2.35 bits per heavy atom. The Kier molecular flexibility index (Phi) is 13.0. The third-order valence-electron chi connectivity index (χ3n) is 22.3. The molecular formula is C67H87N7. The zero-order valence-electron chi connectivity index (χ0n) is 45.1. The largest absolute Gasteiger partial charge is 0.340 e. The predicted octanol–water partition coefficient (Wildman–Crippen LogP) is 14.6. The van der Waals surface area contributed by atoms with E-state index in [4.69, 9.17) is 0 Å². The minimum atomic E-state index is -0.0976. The van der Waals surface area contributed by atoms with Crippen LogP contribution < -0.4 is 20.9 Å². The molecule has 0 amide bonds. The van der Waals surface area contributed by atoms with Gasteiger partial charge in [-0.2, -0.15) is 5.26 Å². The lowest BCUT2D eigenvalue weighted by Gasteiger charge is -2.64. The Balaban J connectivity index is 0.891. The molecule has 7 nitrogen and oxygen atoms in total. The lowest BCUT2D eigenvalue weighted by Crippen LogP contribution is -2.75. The van der Waals surface area contributed by atoms with Crippen LogP contribution in [-0.4, -0.2) is 46.1 Å². The molecule has 14 rings (SSSR count). The summed E-state index contributed by atoms with van der Waals surface area (Å²) in [7, 11) is 0. The molecule has 4 heterocycles. The van der Waals surface area contributed by atoms with Crippen molar-refractivity contribution in [2.24, 2.45) is 40.9 Å². The maximum absolute atomic E-state index is 12.0. The van der Waals surface area contributed by atoms with Crippen molar-refractivity contribution in [1.82, 2.24) is 25.4 Å². The van der Waals surface area contributed by atoms with Gasteiger partial charge in [-0.1, -0.05) is 112 Å². The van der Waals surface area contributed by atoms with Crippen molar-refractivity contribution in [3.05, 3.63) is 124 Å². The summed E-state index contributed by atoms with van der Waals surface area (Å²) < 4.78 is 2.85. The summed E-state index contributed by atoms with van der Waals surface area (Å²) in [6, 6.07) is 14.1. The summed E-state index contributed by atoms with van der Waals surface area (Å²) in [4.78, 5) is 5.98. The normalized spacial score (nSPS) is 39.3. The average Bonchev–Trinajstić information content (AvgIpc) is 4.08. The average molecular weight is 990 g/mol. The number of para-hydroxylation sites is 1. The molecule has 15 unspecified atom stereocenters. The molecule has 390 valence electrons. The highest BCUT2D eigenvalue weighted by Gasteiger charge is 2.59. The van der Waals surface area contributed by atoms with E-state index in [9.17, 15) is 5.26 Å². The summed E-state index contributed by atoms with van der Waals surface area (Å²) in [5.74, 6) is 3.16. The molecule has 3 saturated carbocycles. The topological polar surface area (TPSA) is 71.3 Å². The molecule has 9 aliphatic carbocycles. The van der Waals surface area contributed by atoms with Crippen molar-refractivity contribution in [3.63, 3.8) is 0 Å². The number of likely N-dealkylation sites (tertiary alicyclic amines) is 1. The van der Waals surface area contributed by atoms with Crippen molar-refractivity contribution in [2.75, 3.05) is 4.90 Å². The highest BCUT2D eigenvalue weighted by atomic mass is 15.4. The van der Waals surface area contributed by atoms with Gasteiger partial charge in [0.25, 0.3) is 0 Å². The lowest BCUT2D eigenvalue weighted by atomic mass is 9.54. The fraction of sp³-hybridized carbons (Fsp3) is 0.627. The van der Waals surface area contributed by atoms with E-state index in [-0.39, 0.29) is 36.5 Å². The van der Waals surface area contributed by atoms with Crippen LogP contribution in [0.25, 0.3) is 12.2 Å². The second kappa shape index (κ2) is 20.0. The van der Waals surface area contributed by atoms with E-state index < -0.39 is 0 Å². The number of piperidine rings is 1. The first kappa shape index (κ1) is 48.2. The van der Waals surface area contributed by atoms with Crippen LogP contribution in [0.1, 0.15) is 208 Å². The summed E-state index contributed by atoms with van der Waals surface area (Å²) in [5, 5.41) is 25.2. The molecule has 15 atom stereocenters. The van der Waals surface area contributed by atoms with Gasteiger partial charge < -0.3 is 9.47 Å². The third kappa shape index (κ3) is 8.14. The zero-order valence-corrected chi connectivity index (χ0v) is 45.1. The monoisotopic (exact) mass is 990 g/mol. The number of nitrogens with zero attached hydrogens (tertiary/aromatic N) is 4. The second-order valence-corrected chi connectivity index (χ2v) is 26.3. The standard InChI is InChI=1S/C67H87N7/c1-67(2)53-31-14-18-35-57(53)74(58-36-19-15-32-54(58)67)61-41-60(73-56-34-17-13-30-51(56)62-59(73)38-37-50-49-29-12-16-33-55(49)72(63(50)62)48-27-10-5-11-28-48)47(42-68)40-52(61)66-70-64(44-23-8-4-9-24-44)69-65(71-66)46-26-20-25-45(39-46)43-21-6-3-7-22-43/h5,10,12-13,16,18,21,23,27,29-30,33,35,37-38,45-47,50,52-54,57-58,60-61,63-66,69-71H,3-4,6-9,11,14-15,17,19-20,22,24-26,28,31-32,34,36,39-41H2,1-2H3. The molecular weight excluding hydrogens is 903 g/mol. The number of aromatic nitrogens is 1. The molecule has 0 radical (unpaired) electrons. The fourth-order valence-corrected chi connectivity index (χ4v) is 18.9. The highest BCUT2D eigenvalue weighted by molar-refractivity contribution is 5.78. The van der Waals surface area contributed by atoms with Crippen LogP contribution in [0.5, 0.6) is 0 Å². The van der Waals surface area contributed by atoms with Crippen LogP contribution in [0.3, 0.4) is 0 Å². The zero-order chi connectivity index (χ0) is 49.5. The molecule has 1 aromatic carbocycles. The molecule has 74 heavy (non-hydrogen) atoms. The summed E-state index contributed by atoms with van der Waals surface area (Å²) in [6.45, 7) is 5.35. The molecule has 5 fully saturated rings. The smallest absolute Gasteiger partial charge is 0.0818 e. The molecule has 0 spiro atoms. The van der Waals surface area contributed by atoms with Crippen molar-refractivity contribution < 1.29 is 0 Å². The summed E-state index contributed by atoms with van der Waals surface area (Å²) in [6.07, 6.45) is 57.8. The highest BCUT2D eigenvalue weighted by Crippen LogP contribution is 2.60. The van der Waals surface area contributed by atoms with E-state index in [0.29, 0.717) is 53.1 Å². The SMILES string of the molecule is CC1(C)C2CCC=CC2N(C2CC(n3c4c(c5c3CCC=C5)C3C(C=C4)c4ccccc4N3C3=CC=CCC3)C(C#N)CC2C2NC(C3=CCCCC3)NC(C3CCCC(C4=CCCCC4)C3)N2)C2CCCCC21. The van der Waals surface area contributed by atoms with E-state index in [0.717, 1.165) is 44.4 Å². The molecule has 0 bridgehead atoms. The van der Waals surface area contributed by atoms with Gasteiger partial charge in [0.15, 0.2) is 0 Å². The number of anilines is 1. The quantitative estimate of drug-likeness (QED) is 0.240. The van der Waals surface area contributed by atoms with Crippen molar-refractivity contribution >= 4 is 17.8 Å². The Morgan fingerprint density at radius 2 is 1.51 bits per heavy atom. The van der Waals surface area contributed by atoms with Crippen LogP contribution in [0.2, 0.25) is 0 Å². The predicted molar refractivity (Wildman–Crippen MR) is 303 cm³/mol. The van der Waals surface area contributed by atoms with Gasteiger partial charge in [-0.15, -0.1) is 0 Å². The minimum absolute atomic E-state index is 0.0976. The molecule has 12 aliphatic rings. The van der Waals surface area contributed by atoms with E-state index >= 15 is 0 Å². The number of benzene rings is 1. The number of fused-ring (bicyclic) bond motifs is 9. The van der Waals surface area contributed by atoms with E-state index in [1.165, 1.54) is 155 Å². The van der Waals surface area contributed by atoms with Gasteiger partial charge in [-0.25, -0.2) is 0 Å². The van der Waals surface area contributed by atoms with Crippen LogP contribution >= 0.6 is 0 Å². The van der Waals surface area contributed by atoms with Gasteiger partial charge in [0, 0.05) is 63.9 Å². The first-order chi connectivity index (χ1) is 36.4. The maximum atomic E-state index is 12.0. The van der Waals surface area contributed by atoms with Crippen LogP contribution in [-0.2, 0) is 6.42 Å². The van der Waals surface area contributed by atoms with Gasteiger partial charge >= 0.3 is 0 Å². The Bertz CT molecular complexity index is 2720. The molecule has 1 aromatic heterocycles. The van der Waals surface area contributed by atoms with Crippen molar-refractivity contribution in [1.29, 1.82) is 5.26 Å². The van der Waals surface area contributed by atoms with Crippen LogP contribution in [0.4, 0.5) is 5.69 Å². The minimum Gasteiger partial charge on any atom is -0.340 e. The molecule has 7 heteroatoms. The summed E-state index contributed by atoms with van der Waals surface area (Å²) in [5.41, 5.74) is 13.8.